The van der Waals surface area contributed by atoms with Gasteiger partial charge in [-0.1, -0.05) is 6.07 Å². The van der Waals surface area contributed by atoms with E-state index in [2.05, 4.69) is 42.3 Å². The SMILES string of the molecule is Cc1cc(C)c(CNC(=O)CCSc2ccc(C)c(C)c2)c(=O)[nH]1. The minimum absolute atomic E-state index is 0.0364. The van der Waals surface area contributed by atoms with Crippen LogP contribution in [0.25, 0.3) is 0 Å². The quantitative estimate of drug-likeness (QED) is 0.790. The Morgan fingerprint density at radius 2 is 1.83 bits per heavy atom. The molecule has 0 unspecified atom stereocenters. The Balaban J connectivity index is 1.82. The van der Waals surface area contributed by atoms with Gasteiger partial charge in [0.1, 0.15) is 0 Å². The Hall–Kier alpha value is -2.01. The number of pyridine rings is 1. The average molecular weight is 344 g/mol. The zero-order valence-corrected chi connectivity index (χ0v) is 15.5. The van der Waals surface area contributed by atoms with Gasteiger partial charge in [0.15, 0.2) is 0 Å². The van der Waals surface area contributed by atoms with E-state index >= 15 is 0 Å². The van der Waals surface area contributed by atoms with Crippen LogP contribution >= 0.6 is 11.8 Å². The molecule has 2 rings (SSSR count). The maximum absolute atomic E-state index is 12.0. The Bertz CT molecular complexity index is 796. The summed E-state index contributed by atoms with van der Waals surface area (Å²) in [5, 5.41) is 2.83. The lowest BCUT2D eigenvalue weighted by Gasteiger charge is -2.08. The van der Waals surface area contributed by atoms with Crippen molar-refractivity contribution in [2.75, 3.05) is 5.75 Å². The number of aromatic nitrogens is 1. The van der Waals surface area contributed by atoms with E-state index in [4.69, 9.17) is 0 Å². The second kappa shape index (κ2) is 8.20. The van der Waals surface area contributed by atoms with Gasteiger partial charge in [0, 0.05) is 34.9 Å². The Labute approximate surface area is 147 Å². The summed E-state index contributed by atoms with van der Waals surface area (Å²) < 4.78 is 0. The van der Waals surface area contributed by atoms with Crippen molar-refractivity contribution in [1.82, 2.24) is 10.3 Å². The molecule has 1 aromatic heterocycles. The Kier molecular flexibility index (Phi) is 6.26. The van der Waals surface area contributed by atoms with Crippen LogP contribution in [-0.2, 0) is 11.3 Å². The summed E-state index contributed by atoms with van der Waals surface area (Å²) in [4.78, 5) is 27.8. The molecule has 1 aromatic carbocycles. The largest absolute Gasteiger partial charge is 0.352 e. The van der Waals surface area contributed by atoms with Crippen molar-refractivity contribution >= 4 is 17.7 Å². The van der Waals surface area contributed by atoms with E-state index < -0.39 is 0 Å². The molecular weight excluding hydrogens is 320 g/mol. The fourth-order valence-electron chi connectivity index (χ4n) is 2.44. The number of benzene rings is 1. The summed E-state index contributed by atoms with van der Waals surface area (Å²) in [6.07, 6.45) is 0.431. The van der Waals surface area contributed by atoms with Crippen LogP contribution in [-0.4, -0.2) is 16.6 Å². The van der Waals surface area contributed by atoms with E-state index in [9.17, 15) is 9.59 Å². The molecule has 0 radical (unpaired) electrons. The van der Waals surface area contributed by atoms with Gasteiger partial charge in [-0.2, -0.15) is 0 Å². The fraction of sp³-hybridized carbons (Fsp3) is 0.368. The molecule has 0 aliphatic heterocycles. The number of carbonyl (C=O) groups is 1. The predicted octanol–water partition coefficient (Wildman–Crippen LogP) is 3.41. The van der Waals surface area contributed by atoms with Crippen LogP contribution in [0.3, 0.4) is 0 Å². The summed E-state index contributed by atoms with van der Waals surface area (Å²) in [6, 6.07) is 8.25. The molecule has 2 aromatic rings. The maximum atomic E-state index is 12.0. The van der Waals surface area contributed by atoms with Gasteiger partial charge in [0.2, 0.25) is 5.91 Å². The smallest absolute Gasteiger partial charge is 0.253 e. The van der Waals surface area contributed by atoms with Crippen LogP contribution in [0.2, 0.25) is 0 Å². The van der Waals surface area contributed by atoms with Crippen LogP contribution in [0.5, 0.6) is 0 Å². The van der Waals surface area contributed by atoms with Crippen molar-refractivity contribution in [3.63, 3.8) is 0 Å². The molecule has 4 nitrogen and oxygen atoms in total. The number of amides is 1. The van der Waals surface area contributed by atoms with Crippen molar-refractivity contribution < 1.29 is 4.79 Å². The Morgan fingerprint density at radius 1 is 1.08 bits per heavy atom. The van der Waals surface area contributed by atoms with E-state index in [-0.39, 0.29) is 18.0 Å². The lowest BCUT2D eigenvalue weighted by Crippen LogP contribution is -2.28. The number of rotatable bonds is 6. The molecule has 1 amide bonds. The number of nitrogens with one attached hydrogen (secondary N) is 2. The van der Waals surface area contributed by atoms with Crippen LogP contribution in [0.4, 0.5) is 0 Å². The molecule has 0 aliphatic carbocycles. The van der Waals surface area contributed by atoms with Gasteiger partial charge in [-0.05, 0) is 62.6 Å². The van der Waals surface area contributed by atoms with Gasteiger partial charge >= 0.3 is 0 Å². The first-order valence-electron chi connectivity index (χ1n) is 8.03. The fourth-order valence-corrected chi connectivity index (χ4v) is 3.39. The monoisotopic (exact) mass is 344 g/mol. The highest BCUT2D eigenvalue weighted by molar-refractivity contribution is 7.99. The third kappa shape index (κ3) is 4.99. The van der Waals surface area contributed by atoms with E-state index in [1.807, 2.05) is 19.9 Å². The zero-order valence-electron chi connectivity index (χ0n) is 14.7. The van der Waals surface area contributed by atoms with Crippen LogP contribution in [0.1, 0.15) is 34.4 Å². The lowest BCUT2D eigenvalue weighted by atomic mass is 10.1. The van der Waals surface area contributed by atoms with Crippen LogP contribution < -0.4 is 10.9 Å². The van der Waals surface area contributed by atoms with E-state index in [1.54, 1.807) is 11.8 Å². The molecule has 1 heterocycles. The molecule has 0 bridgehead atoms. The number of hydrogen-bond acceptors (Lipinski definition) is 3. The number of carbonyl (C=O) groups excluding carboxylic acids is 1. The van der Waals surface area contributed by atoms with Crippen molar-refractivity contribution in [2.24, 2.45) is 0 Å². The van der Waals surface area contributed by atoms with Crippen molar-refractivity contribution in [2.45, 2.75) is 45.6 Å². The first kappa shape index (κ1) is 18.3. The summed E-state index contributed by atoms with van der Waals surface area (Å²) in [7, 11) is 0. The first-order valence-corrected chi connectivity index (χ1v) is 9.01. The van der Waals surface area contributed by atoms with Gasteiger partial charge in [-0.3, -0.25) is 9.59 Å². The lowest BCUT2D eigenvalue weighted by molar-refractivity contribution is -0.120. The number of aryl methyl sites for hydroxylation is 4. The molecular formula is C19H24N2O2S. The highest BCUT2D eigenvalue weighted by atomic mass is 32.2. The molecule has 24 heavy (non-hydrogen) atoms. The third-order valence-corrected chi connectivity index (χ3v) is 5.03. The highest BCUT2D eigenvalue weighted by Gasteiger charge is 2.08. The number of hydrogen-bond donors (Lipinski definition) is 2. The minimum Gasteiger partial charge on any atom is -0.352 e. The van der Waals surface area contributed by atoms with Gasteiger partial charge in [-0.15, -0.1) is 11.8 Å². The minimum atomic E-state index is -0.127. The van der Waals surface area contributed by atoms with Crippen molar-refractivity contribution in [3.8, 4) is 0 Å². The highest BCUT2D eigenvalue weighted by Crippen LogP contribution is 2.21. The van der Waals surface area contributed by atoms with Gasteiger partial charge < -0.3 is 10.3 Å². The summed E-state index contributed by atoms with van der Waals surface area (Å²) >= 11 is 1.67. The van der Waals surface area contributed by atoms with Crippen LogP contribution in [0, 0.1) is 27.7 Å². The average Bonchev–Trinajstić information content (AvgIpc) is 2.49. The molecule has 2 N–H and O–H groups in total. The topological polar surface area (TPSA) is 62.0 Å². The Morgan fingerprint density at radius 3 is 2.50 bits per heavy atom. The molecule has 0 saturated carbocycles. The summed E-state index contributed by atoms with van der Waals surface area (Å²) in [5.41, 5.74) is 4.76. The molecule has 0 fully saturated rings. The second-order valence-corrected chi connectivity index (χ2v) is 7.23. The van der Waals surface area contributed by atoms with Gasteiger partial charge in [0.05, 0.1) is 0 Å². The van der Waals surface area contributed by atoms with E-state index in [0.717, 1.165) is 17.0 Å². The molecule has 0 saturated heterocycles. The normalized spacial score (nSPS) is 10.7. The van der Waals surface area contributed by atoms with E-state index in [0.29, 0.717) is 12.0 Å². The van der Waals surface area contributed by atoms with E-state index in [1.165, 1.54) is 16.0 Å². The number of H-pyrrole nitrogens is 1. The molecule has 0 atom stereocenters. The van der Waals surface area contributed by atoms with Gasteiger partial charge in [0.25, 0.3) is 5.56 Å². The number of aromatic amines is 1. The molecule has 0 spiro atoms. The molecule has 5 heteroatoms. The van der Waals surface area contributed by atoms with Crippen LogP contribution in [0.15, 0.2) is 34.0 Å². The summed E-state index contributed by atoms with van der Waals surface area (Å²) in [6.45, 7) is 8.19. The molecule has 0 aliphatic rings. The second-order valence-electron chi connectivity index (χ2n) is 6.06. The standard InChI is InChI=1S/C19H24N2O2S/c1-12-5-6-16(10-13(12)2)24-8-7-18(22)20-11-17-14(3)9-15(4)21-19(17)23/h5-6,9-10H,7-8,11H2,1-4H3,(H,20,22)(H,21,23). The molecule has 128 valence electrons. The third-order valence-electron chi connectivity index (χ3n) is 4.03. The number of thioether (sulfide) groups is 1. The summed E-state index contributed by atoms with van der Waals surface area (Å²) in [5.74, 6) is 0.683. The first-order chi connectivity index (χ1) is 11.4. The van der Waals surface area contributed by atoms with Crippen molar-refractivity contribution in [1.29, 1.82) is 0 Å². The maximum Gasteiger partial charge on any atom is 0.253 e. The zero-order chi connectivity index (χ0) is 17.7. The van der Waals surface area contributed by atoms with Crippen molar-refractivity contribution in [3.05, 3.63) is 62.6 Å². The van der Waals surface area contributed by atoms with Gasteiger partial charge in [-0.25, -0.2) is 0 Å². The predicted molar refractivity (Wildman–Crippen MR) is 99.6 cm³/mol.